The second-order valence-corrected chi connectivity index (χ2v) is 21.3. The lowest BCUT2D eigenvalue weighted by Crippen LogP contribution is -2.47. The molecule has 0 unspecified atom stereocenters. The zero-order chi connectivity index (χ0) is 39.3. The Kier molecular flexibility index (Phi) is 13.2. The van der Waals surface area contributed by atoms with Crippen LogP contribution in [0.4, 0.5) is 0 Å². The molecule has 0 atom stereocenters. The van der Waals surface area contributed by atoms with E-state index in [2.05, 4.69) is 0 Å². The summed E-state index contributed by atoms with van der Waals surface area (Å²) in [4.78, 5) is 0.0399. The Bertz CT molecular complexity index is 2170. The van der Waals surface area contributed by atoms with Crippen molar-refractivity contribution in [1.29, 1.82) is 0 Å². The molecule has 1 aliphatic rings. The smallest absolute Gasteiger partial charge is 0.207 e. The summed E-state index contributed by atoms with van der Waals surface area (Å²) in [6.45, 7) is 5.70. The van der Waals surface area contributed by atoms with Crippen LogP contribution in [0.5, 0.6) is 0 Å². The molecule has 0 radical (unpaired) electrons. The highest BCUT2D eigenvalue weighted by molar-refractivity contribution is 7.90. The second-order valence-electron chi connectivity index (χ2n) is 13.6. The summed E-state index contributed by atoms with van der Waals surface area (Å²) in [5, 5.41) is 0. The van der Waals surface area contributed by atoms with Crippen molar-refractivity contribution < 1.29 is 33.7 Å². The third-order valence-electron chi connectivity index (χ3n) is 9.50. The van der Waals surface area contributed by atoms with Crippen LogP contribution in [0.3, 0.4) is 0 Å². The first-order chi connectivity index (χ1) is 25.4. The van der Waals surface area contributed by atoms with Crippen molar-refractivity contribution in [3.8, 4) is 0 Å². The summed E-state index contributed by atoms with van der Waals surface area (Å²) in [5.74, 6) is 0. The van der Waals surface area contributed by atoms with Crippen LogP contribution in [0.1, 0.15) is 35.1 Å². The summed E-state index contributed by atoms with van der Waals surface area (Å²) >= 11 is 0. The topological polar surface area (TPSA) is 150 Å². The van der Waals surface area contributed by atoms with Gasteiger partial charge in [-0.1, -0.05) is 70.8 Å². The maximum absolute atomic E-state index is 14.2. The number of sulfonamides is 4. The molecule has 54 heavy (non-hydrogen) atoms. The second kappa shape index (κ2) is 17.1. The first-order valence-electron chi connectivity index (χ1n) is 17.7. The molecule has 0 spiro atoms. The molecule has 292 valence electrons. The molecule has 16 heteroatoms. The van der Waals surface area contributed by atoms with Crippen LogP contribution in [0.15, 0.2) is 117 Å². The van der Waals surface area contributed by atoms with Gasteiger partial charge in [0.15, 0.2) is 0 Å². The predicted octanol–water partition coefficient (Wildman–Crippen LogP) is 4.78. The quantitative estimate of drug-likeness (QED) is 0.247. The molecular formula is C38H48N4O8S4. The van der Waals surface area contributed by atoms with E-state index < -0.39 is 40.1 Å². The number of hydrogen-bond donors (Lipinski definition) is 0. The average Bonchev–Trinajstić information content (AvgIpc) is 3.12. The van der Waals surface area contributed by atoms with E-state index in [4.69, 9.17) is 0 Å². The molecule has 1 fully saturated rings. The van der Waals surface area contributed by atoms with Gasteiger partial charge in [-0.2, -0.15) is 17.2 Å². The molecule has 4 aromatic rings. The fraction of sp³-hybridized carbons (Fsp3) is 0.368. The van der Waals surface area contributed by atoms with Crippen molar-refractivity contribution in [2.24, 2.45) is 0 Å². The van der Waals surface area contributed by atoms with Gasteiger partial charge in [0.1, 0.15) is 0 Å². The number of nitrogens with zero attached hydrogens (tertiary/aromatic N) is 4. The largest absolute Gasteiger partial charge is 0.243 e. The van der Waals surface area contributed by atoms with E-state index in [1.807, 2.05) is 27.7 Å². The van der Waals surface area contributed by atoms with E-state index in [0.29, 0.717) is 0 Å². The third kappa shape index (κ3) is 9.66. The molecule has 1 heterocycles. The van der Waals surface area contributed by atoms with Crippen LogP contribution < -0.4 is 0 Å². The molecule has 4 aromatic carbocycles. The van der Waals surface area contributed by atoms with Gasteiger partial charge in [0.2, 0.25) is 40.1 Å². The van der Waals surface area contributed by atoms with E-state index >= 15 is 0 Å². The van der Waals surface area contributed by atoms with Gasteiger partial charge >= 0.3 is 0 Å². The number of aryl methyl sites for hydroxylation is 4. The van der Waals surface area contributed by atoms with Gasteiger partial charge in [0.25, 0.3) is 0 Å². The monoisotopic (exact) mass is 816 g/mol. The number of hydrogen-bond acceptors (Lipinski definition) is 8. The molecule has 5 rings (SSSR count). The molecule has 0 amide bonds. The van der Waals surface area contributed by atoms with Gasteiger partial charge in [-0.05, 0) is 89.1 Å². The average molecular weight is 817 g/mol. The Labute approximate surface area is 321 Å². The van der Waals surface area contributed by atoms with Gasteiger partial charge in [0.05, 0.1) is 19.6 Å². The van der Waals surface area contributed by atoms with Gasteiger partial charge in [-0.15, -0.1) is 0 Å². The first kappa shape index (κ1) is 41.7. The first-order valence-corrected chi connectivity index (χ1v) is 23.5. The minimum atomic E-state index is -4.25. The van der Waals surface area contributed by atoms with Gasteiger partial charge in [-0.25, -0.2) is 33.7 Å². The Morgan fingerprint density at radius 3 is 0.648 bits per heavy atom. The summed E-state index contributed by atoms with van der Waals surface area (Å²) in [6.07, 6.45) is 0.502. The molecule has 0 N–H and O–H groups in total. The molecular weight excluding hydrogens is 769 g/mol. The normalized spacial score (nSPS) is 17.6. The third-order valence-corrected chi connectivity index (χ3v) is 17.1. The van der Waals surface area contributed by atoms with Gasteiger partial charge in [0, 0.05) is 52.4 Å². The summed E-state index contributed by atoms with van der Waals surface area (Å²) in [6, 6.07) is 25.2. The lowest BCUT2D eigenvalue weighted by atomic mass is 10.2. The molecule has 0 aliphatic carbocycles. The number of rotatable bonds is 8. The standard InChI is InChI=1S/C38H48N4O8S4/c1-31-7-15-35(16-8-31)51(43,44)39-23-5-6-24-40(52(45,46)36-17-9-32(2)10-18-36)26-28-42(54(49,50)38-21-13-34(4)14-22-38)30-29-41(27-25-39)53(47,48)37-19-11-33(3)12-20-37/h7-22H,5-6,23-30H2,1-4H3. The summed E-state index contributed by atoms with van der Waals surface area (Å²) in [5.41, 5.74) is 3.41. The van der Waals surface area contributed by atoms with Crippen LogP contribution in [0.25, 0.3) is 0 Å². The van der Waals surface area contributed by atoms with Gasteiger partial charge in [-0.3, -0.25) is 0 Å². The highest BCUT2D eigenvalue weighted by Crippen LogP contribution is 2.24. The van der Waals surface area contributed by atoms with Crippen LogP contribution in [-0.4, -0.2) is 103 Å². The highest BCUT2D eigenvalue weighted by atomic mass is 32.2. The van der Waals surface area contributed by atoms with E-state index in [-0.39, 0.29) is 84.8 Å². The van der Waals surface area contributed by atoms with Gasteiger partial charge < -0.3 is 0 Å². The molecule has 1 saturated heterocycles. The summed E-state index contributed by atoms with van der Waals surface area (Å²) in [7, 11) is -16.7. The molecule has 0 saturated carbocycles. The van der Waals surface area contributed by atoms with E-state index in [9.17, 15) is 33.7 Å². The molecule has 12 nitrogen and oxygen atoms in total. The zero-order valence-electron chi connectivity index (χ0n) is 31.0. The molecule has 1 aliphatic heterocycles. The van der Waals surface area contributed by atoms with Crippen LogP contribution in [0, 0.1) is 27.7 Å². The van der Waals surface area contributed by atoms with E-state index in [1.54, 1.807) is 48.5 Å². The van der Waals surface area contributed by atoms with Crippen molar-refractivity contribution in [3.05, 3.63) is 119 Å². The lowest BCUT2D eigenvalue weighted by molar-refractivity contribution is 0.288. The molecule has 0 bridgehead atoms. The van der Waals surface area contributed by atoms with Crippen molar-refractivity contribution >= 4 is 40.1 Å². The van der Waals surface area contributed by atoms with E-state index in [1.165, 1.54) is 57.1 Å². The Morgan fingerprint density at radius 2 is 0.463 bits per heavy atom. The van der Waals surface area contributed by atoms with Crippen molar-refractivity contribution in [2.75, 3.05) is 52.4 Å². The Morgan fingerprint density at radius 1 is 0.296 bits per heavy atom. The zero-order valence-corrected chi connectivity index (χ0v) is 34.3. The number of benzene rings is 4. The van der Waals surface area contributed by atoms with E-state index in [0.717, 1.165) is 30.9 Å². The van der Waals surface area contributed by atoms with Crippen LogP contribution in [-0.2, 0) is 40.1 Å². The fourth-order valence-electron chi connectivity index (χ4n) is 6.09. The Hall–Kier alpha value is -3.48. The fourth-order valence-corrected chi connectivity index (χ4v) is 11.9. The van der Waals surface area contributed by atoms with Crippen molar-refractivity contribution in [2.45, 2.75) is 60.1 Å². The maximum atomic E-state index is 14.2. The van der Waals surface area contributed by atoms with Crippen molar-refractivity contribution in [1.82, 2.24) is 17.2 Å². The SMILES string of the molecule is Cc1ccc(S(=O)(=O)N2CCCCN(S(=O)(=O)c3ccc(C)cc3)CCN(S(=O)(=O)c3ccc(C)cc3)CCN(S(=O)(=O)c3ccc(C)cc3)CC2)cc1. The Balaban J connectivity index is 1.58. The highest BCUT2D eigenvalue weighted by Gasteiger charge is 2.33. The minimum absolute atomic E-state index is 0.000969. The lowest BCUT2D eigenvalue weighted by Gasteiger charge is -2.31. The maximum Gasteiger partial charge on any atom is 0.243 e. The van der Waals surface area contributed by atoms with Crippen molar-refractivity contribution in [3.63, 3.8) is 0 Å². The minimum Gasteiger partial charge on any atom is -0.207 e. The summed E-state index contributed by atoms with van der Waals surface area (Å²) < 4.78 is 118. The van der Waals surface area contributed by atoms with Crippen LogP contribution in [0.2, 0.25) is 0 Å². The predicted molar refractivity (Wildman–Crippen MR) is 209 cm³/mol. The van der Waals surface area contributed by atoms with Crippen LogP contribution >= 0.6 is 0 Å². The molecule has 0 aromatic heterocycles.